The minimum Gasteiger partial charge on any atom is -0.379 e. The highest BCUT2D eigenvalue weighted by molar-refractivity contribution is 6.33. The third-order valence-corrected chi connectivity index (χ3v) is 2.26. The van der Waals surface area contributed by atoms with E-state index in [9.17, 15) is 4.79 Å². The first-order valence-corrected chi connectivity index (χ1v) is 5.09. The topological polar surface area (TPSA) is 46.9 Å². The van der Waals surface area contributed by atoms with E-state index < -0.39 is 0 Å². The highest BCUT2D eigenvalue weighted by atomic mass is 35.5. The van der Waals surface area contributed by atoms with E-state index >= 15 is 0 Å². The Labute approximate surface area is 91.8 Å². The van der Waals surface area contributed by atoms with Crippen molar-refractivity contribution in [3.8, 4) is 0 Å². The summed E-state index contributed by atoms with van der Waals surface area (Å²) in [6.45, 7) is 0.627. The first kappa shape index (κ1) is 11.3. The second-order valence-corrected chi connectivity index (χ2v) is 3.55. The standard InChI is InChI=1S/C8H11Cl2N3O/c1-13-8(14)7(6(10)5-12-13)11-4-2-3-9/h5,11H,2-4H2,1H3. The Bertz CT molecular complexity index is 364. The van der Waals surface area contributed by atoms with Crippen LogP contribution in [-0.4, -0.2) is 22.2 Å². The summed E-state index contributed by atoms with van der Waals surface area (Å²) in [5.74, 6) is 0.552. The van der Waals surface area contributed by atoms with E-state index in [1.165, 1.54) is 10.9 Å². The molecule has 0 bridgehead atoms. The largest absolute Gasteiger partial charge is 0.379 e. The molecule has 0 aliphatic rings. The highest BCUT2D eigenvalue weighted by Crippen LogP contribution is 2.14. The summed E-state index contributed by atoms with van der Waals surface area (Å²) in [7, 11) is 1.57. The number of nitrogens with zero attached hydrogens (tertiary/aromatic N) is 2. The summed E-state index contributed by atoms with van der Waals surface area (Å²) in [4.78, 5) is 11.5. The van der Waals surface area contributed by atoms with Gasteiger partial charge in [0.1, 0.15) is 5.69 Å². The molecule has 0 fully saturated rings. The summed E-state index contributed by atoms with van der Waals surface area (Å²) in [5.41, 5.74) is 0.154. The van der Waals surface area contributed by atoms with Crippen LogP contribution in [0.3, 0.4) is 0 Å². The molecule has 0 spiro atoms. The lowest BCUT2D eigenvalue weighted by molar-refractivity contribution is 0.708. The monoisotopic (exact) mass is 235 g/mol. The molecule has 1 N–H and O–H groups in total. The second-order valence-electron chi connectivity index (χ2n) is 2.77. The van der Waals surface area contributed by atoms with Crippen LogP contribution in [0, 0.1) is 0 Å². The minimum absolute atomic E-state index is 0.230. The maximum absolute atomic E-state index is 11.5. The van der Waals surface area contributed by atoms with Crippen molar-refractivity contribution in [3.05, 3.63) is 21.6 Å². The Morgan fingerprint density at radius 2 is 2.36 bits per heavy atom. The molecule has 1 aromatic rings. The third kappa shape index (κ3) is 2.62. The lowest BCUT2D eigenvalue weighted by Crippen LogP contribution is -2.23. The zero-order valence-electron chi connectivity index (χ0n) is 7.76. The summed E-state index contributed by atoms with van der Waals surface area (Å²) < 4.78 is 1.23. The quantitative estimate of drug-likeness (QED) is 0.636. The first-order chi connectivity index (χ1) is 6.66. The normalized spacial score (nSPS) is 10.2. The molecule has 1 heterocycles. The Balaban J connectivity index is 2.84. The summed E-state index contributed by atoms with van der Waals surface area (Å²) in [6, 6.07) is 0. The second kappa shape index (κ2) is 5.22. The van der Waals surface area contributed by atoms with Crippen LogP contribution in [0.4, 0.5) is 5.69 Å². The number of halogens is 2. The van der Waals surface area contributed by atoms with Gasteiger partial charge < -0.3 is 5.32 Å². The fraction of sp³-hybridized carbons (Fsp3) is 0.500. The molecule has 14 heavy (non-hydrogen) atoms. The van der Waals surface area contributed by atoms with Crippen LogP contribution in [0.1, 0.15) is 6.42 Å². The number of hydrogen-bond acceptors (Lipinski definition) is 3. The Morgan fingerprint density at radius 1 is 1.64 bits per heavy atom. The minimum atomic E-state index is -0.230. The highest BCUT2D eigenvalue weighted by Gasteiger charge is 2.06. The SMILES string of the molecule is Cn1ncc(Cl)c(NCCCCl)c1=O. The number of hydrogen-bond donors (Lipinski definition) is 1. The molecule has 0 unspecified atom stereocenters. The maximum atomic E-state index is 11.5. The molecule has 0 aromatic carbocycles. The van der Waals surface area contributed by atoms with Gasteiger partial charge in [0.05, 0.1) is 11.2 Å². The summed E-state index contributed by atoms with van der Waals surface area (Å²) in [5, 5.41) is 7.04. The van der Waals surface area contributed by atoms with Crippen molar-refractivity contribution in [3.63, 3.8) is 0 Å². The molecule has 0 aliphatic heterocycles. The van der Waals surface area contributed by atoms with Gasteiger partial charge in [0.25, 0.3) is 5.56 Å². The van der Waals surface area contributed by atoms with E-state index in [0.717, 1.165) is 6.42 Å². The molecule has 0 atom stereocenters. The molecular weight excluding hydrogens is 225 g/mol. The van der Waals surface area contributed by atoms with Gasteiger partial charge in [-0.05, 0) is 6.42 Å². The van der Waals surface area contributed by atoms with E-state index in [-0.39, 0.29) is 5.56 Å². The number of rotatable bonds is 4. The van der Waals surface area contributed by atoms with Gasteiger partial charge in [-0.15, -0.1) is 11.6 Å². The number of aryl methyl sites for hydroxylation is 1. The van der Waals surface area contributed by atoms with Crippen LogP contribution in [0.25, 0.3) is 0 Å². The number of anilines is 1. The summed E-state index contributed by atoms with van der Waals surface area (Å²) in [6.07, 6.45) is 2.22. The molecule has 0 radical (unpaired) electrons. The van der Waals surface area contributed by atoms with Crippen molar-refractivity contribution in [2.45, 2.75) is 6.42 Å². The van der Waals surface area contributed by atoms with Crippen molar-refractivity contribution in [1.82, 2.24) is 9.78 Å². The van der Waals surface area contributed by atoms with Crippen molar-refractivity contribution in [2.24, 2.45) is 7.05 Å². The predicted octanol–water partition coefficient (Wildman–Crippen LogP) is 1.47. The average molecular weight is 236 g/mol. The van der Waals surface area contributed by atoms with E-state index in [2.05, 4.69) is 10.4 Å². The lowest BCUT2D eigenvalue weighted by atomic mass is 10.4. The van der Waals surface area contributed by atoms with Crippen LogP contribution < -0.4 is 10.9 Å². The maximum Gasteiger partial charge on any atom is 0.291 e. The molecule has 6 heteroatoms. The molecule has 4 nitrogen and oxygen atoms in total. The van der Waals surface area contributed by atoms with Crippen LogP contribution in [0.5, 0.6) is 0 Å². The number of aromatic nitrogens is 2. The first-order valence-electron chi connectivity index (χ1n) is 4.18. The van der Waals surface area contributed by atoms with E-state index in [1.807, 2.05) is 0 Å². The molecular formula is C8H11Cl2N3O. The third-order valence-electron chi connectivity index (χ3n) is 1.70. The van der Waals surface area contributed by atoms with Gasteiger partial charge >= 0.3 is 0 Å². The van der Waals surface area contributed by atoms with Gasteiger partial charge in [-0.2, -0.15) is 5.10 Å². The molecule has 0 saturated heterocycles. The van der Waals surface area contributed by atoms with E-state index in [1.54, 1.807) is 7.05 Å². The Hall–Kier alpha value is -0.740. The van der Waals surface area contributed by atoms with Crippen molar-refractivity contribution < 1.29 is 0 Å². The van der Waals surface area contributed by atoms with Crippen molar-refractivity contribution in [2.75, 3.05) is 17.7 Å². The van der Waals surface area contributed by atoms with Crippen LogP contribution in [-0.2, 0) is 7.05 Å². The lowest BCUT2D eigenvalue weighted by Gasteiger charge is -2.06. The smallest absolute Gasteiger partial charge is 0.291 e. The predicted molar refractivity (Wildman–Crippen MR) is 58.3 cm³/mol. The zero-order chi connectivity index (χ0) is 10.6. The summed E-state index contributed by atoms with van der Waals surface area (Å²) >= 11 is 11.3. The van der Waals surface area contributed by atoms with Crippen LogP contribution in [0.2, 0.25) is 5.02 Å². The van der Waals surface area contributed by atoms with Crippen molar-refractivity contribution >= 4 is 28.9 Å². The van der Waals surface area contributed by atoms with Gasteiger partial charge in [0.2, 0.25) is 0 Å². The molecule has 1 rings (SSSR count). The number of alkyl halides is 1. The number of nitrogens with one attached hydrogen (secondary N) is 1. The van der Waals surface area contributed by atoms with Gasteiger partial charge in [0.15, 0.2) is 0 Å². The van der Waals surface area contributed by atoms with Crippen LogP contribution in [0.15, 0.2) is 11.0 Å². The molecule has 78 valence electrons. The molecule has 1 aromatic heterocycles. The van der Waals surface area contributed by atoms with Gasteiger partial charge in [-0.3, -0.25) is 4.79 Å². The van der Waals surface area contributed by atoms with Gasteiger partial charge in [0, 0.05) is 19.5 Å². The molecule has 0 amide bonds. The molecule has 0 aliphatic carbocycles. The van der Waals surface area contributed by atoms with Crippen molar-refractivity contribution in [1.29, 1.82) is 0 Å². The molecule has 0 saturated carbocycles. The van der Waals surface area contributed by atoms with Gasteiger partial charge in [-0.1, -0.05) is 11.6 Å². The van der Waals surface area contributed by atoms with Crippen LogP contribution >= 0.6 is 23.2 Å². The van der Waals surface area contributed by atoms with Gasteiger partial charge in [-0.25, -0.2) is 4.68 Å². The van der Waals surface area contributed by atoms with E-state index in [4.69, 9.17) is 23.2 Å². The Morgan fingerprint density at radius 3 is 3.00 bits per heavy atom. The van der Waals surface area contributed by atoms with E-state index in [0.29, 0.717) is 23.1 Å². The fourth-order valence-electron chi connectivity index (χ4n) is 0.958. The Kier molecular flexibility index (Phi) is 4.22. The average Bonchev–Trinajstić information content (AvgIpc) is 2.18. The fourth-order valence-corrected chi connectivity index (χ4v) is 1.28. The zero-order valence-corrected chi connectivity index (χ0v) is 9.27.